The molecule has 0 aromatic heterocycles. The van der Waals surface area contributed by atoms with Crippen molar-refractivity contribution in [3.05, 3.63) is 0 Å². The number of hydrogen-bond donors (Lipinski definition) is 0. The lowest BCUT2D eigenvalue weighted by Crippen LogP contribution is -2.37. The van der Waals surface area contributed by atoms with E-state index in [-0.39, 0.29) is 5.79 Å². The minimum absolute atomic E-state index is 0.255. The van der Waals surface area contributed by atoms with Crippen LogP contribution in [0.1, 0.15) is 20.3 Å². The van der Waals surface area contributed by atoms with Crippen molar-refractivity contribution in [2.45, 2.75) is 37.8 Å². The van der Waals surface area contributed by atoms with E-state index in [1.54, 1.807) is 0 Å². The van der Waals surface area contributed by atoms with Crippen LogP contribution >= 0.6 is 0 Å². The summed E-state index contributed by atoms with van der Waals surface area (Å²) in [5.74, 6) is -0.255. The van der Waals surface area contributed by atoms with E-state index in [1.807, 2.05) is 13.8 Å². The van der Waals surface area contributed by atoms with Gasteiger partial charge >= 0.3 is 0 Å². The van der Waals surface area contributed by atoms with Gasteiger partial charge in [-0.25, -0.2) is 0 Å². The normalized spacial score (nSPS) is 40.0. The van der Waals surface area contributed by atoms with Crippen LogP contribution in [0.25, 0.3) is 0 Å². The highest BCUT2D eigenvalue weighted by atomic mass is 28.3. The van der Waals surface area contributed by atoms with Crippen LogP contribution in [0, 0.1) is 0 Å². The summed E-state index contributed by atoms with van der Waals surface area (Å²) in [7, 11) is -0.483. The molecule has 1 unspecified atom stereocenters. The Morgan fingerprint density at radius 1 is 1.56 bits per heavy atom. The zero-order valence-electron chi connectivity index (χ0n) is 5.81. The number of fused-ring (bicyclic) bond motifs is 1. The topological polar surface area (TPSA) is 18.5 Å². The predicted octanol–water partition coefficient (Wildman–Crippen LogP) is 1.07. The minimum Gasteiger partial charge on any atom is -0.387 e. The molecule has 0 spiro atoms. The Bertz CT molecular complexity index is 121. The Morgan fingerprint density at radius 3 is 2.56 bits per heavy atom. The van der Waals surface area contributed by atoms with E-state index >= 15 is 0 Å². The Labute approximate surface area is 56.9 Å². The molecule has 2 heterocycles. The first-order chi connectivity index (χ1) is 4.17. The van der Waals surface area contributed by atoms with Gasteiger partial charge in [0.05, 0.1) is 5.73 Å². The zero-order valence-corrected chi connectivity index (χ0v) is 6.81. The van der Waals surface area contributed by atoms with Gasteiger partial charge in [0.25, 0.3) is 0 Å². The Kier molecular flexibility index (Phi) is 1.04. The summed E-state index contributed by atoms with van der Waals surface area (Å²) in [6.45, 7) is 4.01. The van der Waals surface area contributed by atoms with Crippen molar-refractivity contribution in [1.29, 1.82) is 0 Å². The van der Waals surface area contributed by atoms with Gasteiger partial charge in [0.1, 0.15) is 0 Å². The Balaban J connectivity index is 2.07. The van der Waals surface area contributed by atoms with Crippen LogP contribution in [0.15, 0.2) is 0 Å². The summed E-state index contributed by atoms with van der Waals surface area (Å²) in [5, 5.41) is 0. The van der Waals surface area contributed by atoms with Crippen LogP contribution in [0.4, 0.5) is 0 Å². The number of hydrogen-bond acceptors (Lipinski definition) is 2. The third kappa shape index (κ3) is 0.837. The number of rotatable bonds is 0. The van der Waals surface area contributed by atoms with Crippen molar-refractivity contribution < 1.29 is 9.16 Å². The maximum absolute atomic E-state index is 5.63. The van der Waals surface area contributed by atoms with Gasteiger partial charge in [-0.15, -0.1) is 0 Å². The molecule has 2 aliphatic heterocycles. The molecule has 2 aliphatic rings. The fraction of sp³-hybridized carbons (Fsp3) is 1.00. The summed E-state index contributed by atoms with van der Waals surface area (Å²) >= 11 is 0. The highest BCUT2D eigenvalue weighted by Gasteiger charge is 2.48. The van der Waals surface area contributed by atoms with E-state index < -0.39 is 9.04 Å². The fourth-order valence-electron chi connectivity index (χ4n) is 1.30. The van der Waals surface area contributed by atoms with E-state index in [4.69, 9.17) is 9.16 Å². The number of ether oxygens (including phenoxy) is 1. The van der Waals surface area contributed by atoms with E-state index in [2.05, 4.69) is 0 Å². The Morgan fingerprint density at radius 2 is 2.33 bits per heavy atom. The second-order valence-corrected chi connectivity index (χ2v) is 5.39. The van der Waals surface area contributed by atoms with E-state index in [1.165, 1.54) is 12.5 Å². The van der Waals surface area contributed by atoms with Crippen molar-refractivity contribution in [3.8, 4) is 0 Å². The SMILES string of the molecule is CC1(C)OC2CC[Si]2O1. The molecule has 9 heavy (non-hydrogen) atoms. The van der Waals surface area contributed by atoms with Crippen molar-refractivity contribution >= 4 is 9.04 Å². The van der Waals surface area contributed by atoms with Crippen LogP contribution in [0.5, 0.6) is 0 Å². The summed E-state index contributed by atoms with van der Waals surface area (Å²) in [4.78, 5) is 0. The first kappa shape index (κ1) is 5.89. The summed E-state index contributed by atoms with van der Waals surface area (Å²) in [6.07, 6.45) is 1.23. The molecule has 0 saturated carbocycles. The lowest BCUT2D eigenvalue weighted by Gasteiger charge is -2.22. The molecule has 0 aliphatic carbocycles. The van der Waals surface area contributed by atoms with E-state index in [0.29, 0.717) is 5.73 Å². The summed E-state index contributed by atoms with van der Waals surface area (Å²) < 4.78 is 11.2. The fourth-order valence-corrected chi connectivity index (χ4v) is 3.39. The monoisotopic (exact) mass is 143 g/mol. The van der Waals surface area contributed by atoms with Crippen molar-refractivity contribution in [2.75, 3.05) is 0 Å². The molecule has 0 aromatic carbocycles. The van der Waals surface area contributed by atoms with Gasteiger partial charge in [0.15, 0.2) is 5.79 Å². The molecule has 1 radical (unpaired) electrons. The van der Waals surface area contributed by atoms with Gasteiger partial charge in [-0.1, -0.05) is 0 Å². The molecule has 1 atom stereocenters. The average Bonchev–Trinajstić information content (AvgIpc) is 1.90. The van der Waals surface area contributed by atoms with Crippen LogP contribution in [-0.4, -0.2) is 20.6 Å². The molecule has 2 fully saturated rings. The maximum atomic E-state index is 5.63. The van der Waals surface area contributed by atoms with Crippen LogP contribution in [0.3, 0.4) is 0 Å². The van der Waals surface area contributed by atoms with E-state index in [9.17, 15) is 0 Å². The molecule has 0 aromatic rings. The molecule has 2 saturated heterocycles. The second kappa shape index (κ2) is 1.59. The average molecular weight is 143 g/mol. The zero-order chi connectivity index (χ0) is 6.48. The Hall–Kier alpha value is 0.137. The second-order valence-electron chi connectivity index (χ2n) is 3.11. The summed E-state index contributed by atoms with van der Waals surface area (Å²) in [6, 6.07) is 1.29. The maximum Gasteiger partial charge on any atom is 0.245 e. The van der Waals surface area contributed by atoms with E-state index in [0.717, 1.165) is 0 Å². The highest BCUT2D eigenvalue weighted by Crippen LogP contribution is 2.37. The van der Waals surface area contributed by atoms with Crippen LogP contribution in [-0.2, 0) is 9.16 Å². The largest absolute Gasteiger partial charge is 0.387 e. The van der Waals surface area contributed by atoms with Gasteiger partial charge < -0.3 is 9.16 Å². The molecule has 2 rings (SSSR count). The van der Waals surface area contributed by atoms with Gasteiger partial charge in [-0.05, 0) is 26.3 Å². The molecular weight excluding hydrogens is 132 g/mol. The predicted molar refractivity (Wildman–Crippen MR) is 35.2 cm³/mol. The third-order valence-electron chi connectivity index (χ3n) is 1.82. The molecule has 0 N–H and O–H groups in total. The first-order valence-electron chi connectivity index (χ1n) is 3.40. The molecule has 2 nitrogen and oxygen atoms in total. The van der Waals surface area contributed by atoms with Crippen molar-refractivity contribution in [2.24, 2.45) is 0 Å². The third-order valence-corrected chi connectivity index (χ3v) is 4.48. The van der Waals surface area contributed by atoms with Crippen LogP contribution < -0.4 is 0 Å². The van der Waals surface area contributed by atoms with Gasteiger partial charge in [0, 0.05) is 0 Å². The van der Waals surface area contributed by atoms with Gasteiger partial charge in [-0.3, -0.25) is 0 Å². The van der Waals surface area contributed by atoms with Gasteiger partial charge in [0.2, 0.25) is 9.04 Å². The van der Waals surface area contributed by atoms with Crippen molar-refractivity contribution in [3.63, 3.8) is 0 Å². The summed E-state index contributed by atoms with van der Waals surface area (Å²) in [5.41, 5.74) is 0.519. The van der Waals surface area contributed by atoms with Gasteiger partial charge in [-0.2, -0.15) is 0 Å². The molecule has 51 valence electrons. The molecular formula is C6H11O2Si. The standard InChI is InChI=1S/C6H11O2Si/c1-6(2)7-5-3-4-9(5)8-6/h5H,3-4H2,1-2H3. The first-order valence-corrected chi connectivity index (χ1v) is 5.09. The molecule has 3 heteroatoms. The quantitative estimate of drug-likeness (QED) is 0.472. The molecule has 0 bridgehead atoms. The molecule has 0 amide bonds. The highest BCUT2D eigenvalue weighted by molar-refractivity contribution is 6.57. The smallest absolute Gasteiger partial charge is 0.245 e. The van der Waals surface area contributed by atoms with Crippen LogP contribution in [0.2, 0.25) is 6.04 Å². The van der Waals surface area contributed by atoms with Crippen molar-refractivity contribution in [1.82, 2.24) is 0 Å². The lowest BCUT2D eigenvalue weighted by atomic mass is 10.4. The minimum atomic E-state index is -0.483. The lowest BCUT2D eigenvalue weighted by molar-refractivity contribution is -0.124.